The van der Waals surface area contributed by atoms with Crippen LogP contribution in [0, 0.1) is 12.8 Å². The molecule has 1 unspecified atom stereocenters. The van der Waals surface area contributed by atoms with Crippen molar-refractivity contribution in [2.75, 3.05) is 18.8 Å². The Kier molecular flexibility index (Phi) is 4.15. The molecule has 0 amide bonds. The lowest BCUT2D eigenvalue weighted by molar-refractivity contribution is 0.371. The van der Waals surface area contributed by atoms with Crippen LogP contribution in [0.2, 0.25) is 0 Å². The molecule has 1 fully saturated rings. The smallest absolute Gasteiger partial charge is 0.114 e. The predicted octanol–water partition coefficient (Wildman–Crippen LogP) is 3.07. The van der Waals surface area contributed by atoms with Gasteiger partial charge in [-0.05, 0) is 57.0 Å². The van der Waals surface area contributed by atoms with Gasteiger partial charge < -0.3 is 9.73 Å². The number of aryl methyl sites for hydroxylation is 1. The fourth-order valence-electron chi connectivity index (χ4n) is 2.03. The molecule has 1 N–H and O–H groups in total. The summed E-state index contributed by atoms with van der Waals surface area (Å²) < 4.78 is 5.27. The van der Waals surface area contributed by atoms with Crippen molar-refractivity contribution < 1.29 is 4.42 Å². The van der Waals surface area contributed by atoms with E-state index in [1.54, 1.807) is 6.26 Å². The number of rotatable bonds is 4. The van der Waals surface area contributed by atoms with Crippen LogP contribution in [-0.2, 0) is 0 Å². The molecular formula is C12H19NOS. The van der Waals surface area contributed by atoms with E-state index in [1.165, 1.54) is 43.0 Å². The molecule has 84 valence electrons. The lowest BCUT2D eigenvalue weighted by atomic mass is 9.97. The topological polar surface area (TPSA) is 25.2 Å². The van der Waals surface area contributed by atoms with Crippen molar-refractivity contribution in [1.82, 2.24) is 5.32 Å². The zero-order chi connectivity index (χ0) is 10.5. The second kappa shape index (κ2) is 5.61. The normalized spacial score (nSPS) is 21.8. The van der Waals surface area contributed by atoms with Gasteiger partial charge in [-0.25, -0.2) is 0 Å². The zero-order valence-corrected chi connectivity index (χ0v) is 10.1. The number of nitrogens with one attached hydrogen (secondary N) is 1. The summed E-state index contributed by atoms with van der Waals surface area (Å²) in [6.45, 7) is 4.46. The molecule has 3 heteroatoms. The Morgan fingerprint density at radius 3 is 3.20 bits per heavy atom. The van der Waals surface area contributed by atoms with Gasteiger partial charge in [-0.15, -0.1) is 11.8 Å². The van der Waals surface area contributed by atoms with Gasteiger partial charge in [-0.2, -0.15) is 0 Å². The minimum absolute atomic E-state index is 0.887. The van der Waals surface area contributed by atoms with Crippen molar-refractivity contribution in [3.05, 3.63) is 18.1 Å². The average Bonchev–Trinajstić information content (AvgIpc) is 2.66. The van der Waals surface area contributed by atoms with Crippen molar-refractivity contribution in [3.8, 4) is 0 Å². The SMILES string of the molecule is Cc1occc1SCCC1CCCNC1. The molecule has 1 saturated heterocycles. The van der Waals surface area contributed by atoms with Gasteiger partial charge in [0.1, 0.15) is 5.76 Å². The molecule has 0 radical (unpaired) electrons. The van der Waals surface area contributed by atoms with Gasteiger partial charge in [0, 0.05) is 4.90 Å². The first kappa shape index (κ1) is 11.1. The van der Waals surface area contributed by atoms with Crippen LogP contribution in [0.1, 0.15) is 25.0 Å². The molecule has 1 aromatic rings. The van der Waals surface area contributed by atoms with Crippen LogP contribution in [0.3, 0.4) is 0 Å². The van der Waals surface area contributed by atoms with E-state index in [-0.39, 0.29) is 0 Å². The Hall–Kier alpha value is -0.410. The van der Waals surface area contributed by atoms with E-state index in [0.29, 0.717) is 0 Å². The van der Waals surface area contributed by atoms with Gasteiger partial charge in [-0.1, -0.05) is 0 Å². The van der Waals surface area contributed by atoms with Crippen LogP contribution in [0.5, 0.6) is 0 Å². The van der Waals surface area contributed by atoms with Crippen molar-refractivity contribution in [3.63, 3.8) is 0 Å². The third kappa shape index (κ3) is 3.28. The van der Waals surface area contributed by atoms with E-state index in [0.717, 1.165) is 11.7 Å². The maximum absolute atomic E-state index is 5.27. The molecule has 0 bridgehead atoms. The van der Waals surface area contributed by atoms with Gasteiger partial charge in [0.2, 0.25) is 0 Å². The third-order valence-corrected chi connectivity index (χ3v) is 4.17. The Morgan fingerprint density at radius 2 is 2.53 bits per heavy atom. The quantitative estimate of drug-likeness (QED) is 0.797. The summed E-state index contributed by atoms with van der Waals surface area (Å²) in [6.07, 6.45) is 5.85. The lowest BCUT2D eigenvalue weighted by Crippen LogP contribution is -2.29. The van der Waals surface area contributed by atoms with Crippen molar-refractivity contribution in [2.45, 2.75) is 31.1 Å². The highest BCUT2D eigenvalue weighted by atomic mass is 32.2. The summed E-state index contributed by atoms with van der Waals surface area (Å²) in [4.78, 5) is 1.30. The molecule has 0 saturated carbocycles. The van der Waals surface area contributed by atoms with E-state index in [9.17, 15) is 0 Å². The summed E-state index contributed by atoms with van der Waals surface area (Å²) in [5.41, 5.74) is 0. The zero-order valence-electron chi connectivity index (χ0n) is 9.29. The average molecular weight is 225 g/mol. The summed E-state index contributed by atoms with van der Waals surface area (Å²) in [7, 11) is 0. The van der Waals surface area contributed by atoms with Crippen molar-refractivity contribution >= 4 is 11.8 Å². The summed E-state index contributed by atoms with van der Waals surface area (Å²) >= 11 is 1.93. The number of piperidine rings is 1. The van der Waals surface area contributed by atoms with E-state index in [2.05, 4.69) is 11.4 Å². The molecule has 0 aliphatic carbocycles. The molecule has 15 heavy (non-hydrogen) atoms. The van der Waals surface area contributed by atoms with Gasteiger partial charge in [0.15, 0.2) is 0 Å². The number of furan rings is 1. The molecule has 0 aromatic carbocycles. The minimum atomic E-state index is 0.887. The van der Waals surface area contributed by atoms with E-state index < -0.39 is 0 Å². The Balaban J connectivity index is 1.68. The minimum Gasteiger partial charge on any atom is -0.468 e. The molecule has 1 aliphatic heterocycles. The molecule has 1 atom stereocenters. The number of hydrogen-bond donors (Lipinski definition) is 1. The highest BCUT2D eigenvalue weighted by molar-refractivity contribution is 7.99. The summed E-state index contributed by atoms with van der Waals surface area (Å²) in [6, 6.07) is 2.07. The van der Waals surface area contributed by atoms with Crippen LogP contribution in [-0.4, -0.2) is 18.8 Å². The van der Waals surface area contributed by atoms with E-state index >= 15 is 0 Å². The van der Waals surface area contributed by atoms with Crippen molar-refractivity contribution in [1.29, 1.82) is 0 Å². The first-order valence-corrected chi connectivity index (χ1v) is 6.72. The van der Waals surface area contributed by atoms with Crippen LogP contribution >= 0.6 is 11.8 Å². The van der Waals surface area contributed by atoms with E-state index in [4.69, 9.17) is 4.42 Å². The molecule has 1 aliphatic rings. The molecule has 2 heterocycles. The highest BCUT2D eigenvalue weighted by Gasteiger charge is 2.12. The van der Waals surface area contributed by atoms with Crippen LogP contribution in [0.15, 0.2) is 21.6 Å². The molecular weight excluding hydrogens is 206 g/mol. The fourth-order valence-corrected chi connectivity index (χ4v) is 3.10. The summed E-state index contributed by atoms with van der Waals surface area (Å²) in [5, 5.41) is 3.46. The Morgan fingerprint density at radius 1 is 1.60 bits per heavy atom. The highest BCUT2D eigenvalue weighted by Crippen LogP contribution is 2.26. The molecule has 0 spiro atoms. The number of hydrogen-bond acceptors (Lipinski definition) is 3. The number of thioether (sulfide) groups is 1. The van der Waals surface area contributed by atoms with Gasteiger partial charge in [-0.3, -0.25) is 0 Å². The largest absolute Gasteiger partial charge is 0.468 e. The maximum atomic E-state index is 5.27. The lowest BCUT2D eigenvalue weighted by Gasteiger charge is -2.22. The second-order valence-electron chi connectivity index (χ2n) is 4.19. The van der Waals surface area contributed by atoms with Crippen LogP contribution < -0.4 is 5.32 Å². The first-order valence-electron chi connectivity index (χ1n) is 5.74. The van der Waals surface area contributed by atoms with Gasteiger partial charge in [0.25, 0.3) is 0 Å². The second-order valence-corrected chi connectivity index (χ2v) is 5.33. The standard InChI is InChI=1S/C12H19NOS/c1-10-12(4-7-14-10)15-8-5-11-3-2-6-13-9-11/h4,7,11,13H,2-3,5-6,8-9H2,1H3. The molecule has 1 aromatic heterocycles. The van der Waals surface area contributed by atoms with E-state index in [1.807, 2.05) is 18.7 Å². The van der Waals surface area contributed by atoms with Gasteiger partial charge >= 0.3 is 0 Å². The predicted molar refractivity (Wildman–Crippen MR) is 64.4 cm³/mol. The monoisotopic (exact) mass is 225 g/mol. The molecule has 2 rings (SSSR count). The van der Waals surface area contributed by atoms with Crippen LogP contribution in [0.25, 0.3) is 0 Å². The first-order chi connectivity index (χ1) is 7.36. The van der Waals surface area contributed by atoms with Crippen LogP contribution in [0.4, 0.5) is 0 Å². The maximum Gasteiger partial charge on any atom is 0.114 e. The Labute approximate surface area is 95.8 Å². The Bertz CT molecular complexity index is 292. The fraction of sp³-hybridized carbons (Fsp3) is 0.667. The summed E-state index contributed by atoms with van der Waals surface area (Å²) in [5.74, 6) is 3.16. The van der Waals surface area contributed by atoms with Gasteiger partial charge in [0.05, 0.1) is 6.26 Å². The third-order valence-electron chi connectivity index (χ3n) is 2.99. The van der Waals surface area contributed by atoms with Crippen molar-refractivity contribution in [2.24, 2.45) is 5.92 Å². The molecule has 2 nitrogen and oxygen atoms in total.